The molecular formula is CH4CrN2S. The van der Waals surface area contributed by atoms with Crippen LogP contribution in [-0.4, -0.2) is 5.16 Å². The van der Waals surface area contributed by atoms with E-state index in [0.717, 1.165) is 0 Å². The van der Waals surface area contributed by atoms with Crippen LogP contribution < -0.4 is 6.15 Å². The first-order valence-corrected chi connectivity index (χ1v) is 0.836. The Balaban J connectivity index is -0.0000000200. The molecule has 0 aromatic rings. The van der Waals surface area contributed by atoms with Gasteiger partial charge in [0.1, 0.15) is 0 Å². The van der Waals surface area contributed by atoms with Gasteiger partial charge in [-0.25, -0.2) is 0 Å². The first-order chi connectivity index (χ1) is 1.41. The minimum atomic E-state index is 0. The normalized spacial score (nSPS) is 1.60. The smallest absolute Gasteiger partial charge is 0 e. The predicted octanol–water partition coefficient (Wildman–Crippen LogP) is 1.03. The van der Waals surface area contributed by atoms with Crippen LogP contribution in [-0.2, 0) is 17.4 Å². The molecule has 0 saturated carbocycles. The number of nitrogens with zero attached hydrogens (tertiary/aromatic N) is 1. The summed E-state index contributed by atoms with van der Waals surface area (Å²) in [6.45, 7) is 0. The second kappa shape index (κ2) is 27.9. The van der Waals surface area contributed by atoms with E-state index in [1.807, 2.05) is 0 Å². The third kappa shape index (κ3) is 264. The molecule has 0 rings (SSSR count). The van der Waals surface area contributed by atoms with Crippen molar-refractivity contribution < 1.29 is 17.4 Å². The summed E-state index contributed by atoms with van der Waals surface area (Å²) in [7, 11) is 0. The van der Waals surface area contributed by atoms with Crippen LogP contribution in [0.4, 0.5) is 0 Å². The average molecular weight is 128 g/mol. The zero-order valence-electron chi connectivity index (χ0n) is 2.76. The molecule has 0 heterocycles. The predicted molar refractivity (Wildman–Crippen MR) is 21.9 cm³/mol. The van der Waals surface area contributed by atoms with Crippen LogP contribution in [0, 0.1) is 0 Å². The summed E-state index contributed by atoms with van der Waals surface area (Å²) in [5, 5.41) is 8.47. The van der Waals surface area contributed by atoms with Crippen LogP contribution in [0.3, 0.4) is 0 Å². The Kier molecular flexibility index (Phi) is 103. The zero-order chi connectivity index (χ0) is 2.71. The van der Waals surface area contributed by atoms with Crippen LogP contribution in [0.25, 0.3) is 5.41 Å². The van der Waals surface area contributed by atoms with Gasteiger partial charge >= 0.3 is 0 Å². The Hall–Kier alpha value is 0.292. The molecule has 0 amide bonds. The van der Waals surface area contributed by atoms with Crippen molar-refractivity contribution in [3.8, 4) is 0 Å². The van der Waals surface area contributed by atoms with Crippen LogP contribution in [0.5, 0.6) is 0 Å². The number of quaternary nitrogens is 1. The van der Waals surface area contributed by atoms with Gasteiger partial charge in [0, 0.05) is 17.4 Å². The first-order valence-electron chi connectivity index (χ1n) is 0.428. The Morgan fingerprint density at radius 1 is 1.60 bits per heavy atom. The van der Waals surface area contributed by atoms with Gasteiger partial charge in [0.05, 0.1) is 0 Å². The Bertz CT molecular complexity index is 30.6. The second-order valence-corrected chi connectivity index (χ2v) is 0.274. The third-order valence-corrected chi connectivity index (χ3v) is 0. The molecule has 4 heteroatoms. The minimum absolute atomic E-state index is 0. The van der Waals surface area contributed by atoms with Crippen LogP contribution in [0.15, 0.2) is 0 Å². The van der Waals surface area contributed by atoms with E-state index in [1.165, 1.54) is 5.16 Å². The van der Waals surface area contributed by atoms with Gasteiger partial charge in [-0.05, 0) is 0 Å². The Morgan fingerprint density at radius 2 is 1.60 bits per heavy atom. The third-order valence-electron chi connectivity index (χ3n) is 0. The van der Waals surface area contributed by atoms with Crippen molar-refractivity contribution in [3.63, 3.8) is 0 Å². The van der Waals surface area contributed by atoms with E-state index in [-0.39, 0.29) is 23.5 Å². The van der Waals surface area contributed by atoms with Gasteiger partial charge in [-0.2, -0.15) is 5.16 Å². The molecule has 0 aliphatic heterocycles. The summed E-state index contributed by atoms with van der Waals surface area (Å²) in [4.78, 5) is 0. The van der Waals surface area contributed by atoms with Crippen LogP contribution in [0.2, 0.25) is 0 Å². The maximum Gasteiger partial charge on any atom is 0 e. The largest absolute Gasteiger partial charge is 0.753 e. The molecule has 0 unspecified atom stereocenters. The van der Waals surface area contributed by atoms with Crippen molar-refractivity contribution in [1.82, 2.24) is 6.15 Å². The van der Waals surface area contributed by atoms with Crippen LogP contribution >= 0.6 is 12.2 Å². The summed E-state index contributed by atoms with van der Waals surface area (Å²) in [5.74, 6) is 0. The number of thiocarbonyl (C=S) groups is 1. The molecule has 0 fully saturated rings. The molecule has 0 spiro atoms. The molecule has 2 nitrogen and oxygen atoms in total. The van der Waals surface area contributed by atoms with Crippen molar-refractivity contribution in [2.45, 2.75) is 0 Å². The van der Waals surface area contributed by atoms with E-state index in [0.29, 0.717) is 0 Å². The van der Waals surface area contributed by atoms with Gasteiger partial charge in [0.15, 0.2) is 0 Å². The fraction of sp³-hybridized carbons (Fsp3) is 0. The summed E-state index contributed by atoms with van der Waals surface area (Å²) in [5.41, 5.74) is 0. The maximum absolute atomic E-state index is 7.13. The van der Waals surface area contributed by atoms with Gasteiger partial charge in [-0.3, -0.25) is 0 Å². The molecule has 0 atom stereocenters. The fourth-order valence-corrected chi connectivity index (χ4v) is 0. The number of hydrogen-bond acceptors (Lipinski definition) is 1. The van der Waals surface area contributed by atoms with Crippen molar-refractivity contribution in [2.24, 2.45) is 0 Å². The van der Waals surface area contributed by atoms with Gasteiger partial charge in [-0.15, -0.1) is 0 Å². The standard InChI is InChI=1S/CNS.Cr.H3N/c2-1-3;;/h;;1H3/q-1;;/p+1. The number of isothiocyanates is 1. The topological polar surface area (TPSA) is 58.8 Å². The van der Waals surface area contributed by atoms with E-state index in [4.69, 9.17) is 5.41 Å². The first kappa shape index (κ1) is 18.6. The minimum Gasteiger partial charge on any atom is -0.753 e. The Labute approximate surface area is 46.8 Å². The zero-order valence-corrected chi connectivity index (χ0v) is 4.86. The molecule has 0 aromatic heterocycles. The van der Waals surface area contributed by atoms with E-state index in [9.17, 15) is 0 Å². The number of rotatable bonds is 0. The van der Waals surface area contributed by atoms with E-state index < -0.39 is 0 Å². The molecular weight excluding hydrogens is 124 g/mol. The molecule has 0 aliphatic rings. The quantitative estimate of drug-likeness (QED) is 0.384. The molecule has 0 aliphatic carbocycles. The summed E-state index contributed by atoms with van der Waals surface area (Å²) < 4.78 is 0. The van der Waals surface area contributed by atoms with Crippen molar-refractivity contribution in [3.05, 3.63) is 5.41 Å². The van der Waals surface area contributed by atoms with Gasteiger partial charge < -0.3 is 11.6 Å². The maximum atomic E-state index is 7.13. The van der Waals surface area contributed by atoms with Gasteiger partial charge in [0.25, 0.3) is 0 Å². The van der Waals surface area contributed by atoms with Crippen molar-refractivity contribution >= 4 is 17.4 Å². The molecule has 30 valence electrons. The summed E-state index contributed by atoms with van der Waals surface area (Å²) in [6.07, 6.45) is 0. The summed E-state index contributed by atoms with van der Waals surface area (Å²) in [6, 6.07) is 0. The van der Waals surface area contributed by atoms with E-state index >= 15 is 0 Å². The molecule has 0 radical (unpaired) electrons. The second-order valence-electron chi connectivity index (χ2n) is 0.0913. The number of hydrogen-bond donors (Lipinski definition) is 1. The van der Waals surface area contributed by atoms with E-state index in [1.54, 1.807) is 0 Å². The van der Waals surface area contributed by atoms with Gasteiger partial charge in [-0.1, -0.05) is 12.2 Å². The molecule has 0 bridgehead atoms. The fourth-order valence-electron chi connectivity index (χ4n) is 0. The molecule has 0 saturated heterocycles. The Morgan fingerprint density at radius 3 is 1.60 bits per heavy atom. The van der Waals surface area contributed by atoms with Gasteiger partial charge in [0.2, 0.25) is 0 Å². The van der Waals surface area contributed by atoms with Crippen LogP contribution in [0.1, 0.15) is 0 Å². The molecule has 5 heavy (non-hydrogen) atoms. The average Bonchev–Trinajstić information content (AvgIpc) is 0.918. The van der Waals surface area contributed by atoms with E-state index in [2.05, 4.69) is 12.2 Å². The monoisotopic (exact) mass is 128 g/mol. The van der Waals surface area contributed by atoms with Crippen molar-refractivity contribution in [2.75, 3.05) is 0 Å². The van der Waals surface area contributed by atoms with Crippen molar-refractivity contribution in [1.29, 1.82) is 0 Å². The molecule has 4 N–H and O–H groups in total. The summed E-state index contributed by atoms with van der Waals surface area (Å²) >= 11 is 3.70. The SMILES string of the molecule is [Cr].[N-]=C=S.[NH4+]. The molecule has 0 aromatic carbocycles.